The van der Waals surface area contributed by atoms with E-state index < -0.39 is 0 Å². The number of thiophene rings is 2. The molecule has 4 rings (SSSR count). The average Bonchev–Trinajstić information content (AvgIpc) is 3.10. The highest BCUT2D eigenvalue weighted by atomic mass is 35.5. The Kier molecular flexibility index (Phi) is 4.44. The summed E-state index contributed by atoms with van der Waals surface area (Å²) in [5, 5.41) is 2.62. The molecule has 3 aromatic rings. The third-order valence-electron chi connectivity index (χ3n) is 4.10. The Morgan fingerprint density at radius 2 is 1.92 bits per heavy atom. The van der Waals surface area contributed by atoms with E-state index in [0.29, 0.717) is 23.2 Å². The van der Waals surface area contributed by atoms with Gasteiger partial charge in [0.05, 0.1) is 17.1 Å². The van der Waals surface area contributed by atoms with Gasteiger partial charge in [0.1, 0.15) is 0 Å². The molecule has 2 nitrogen and oxygen atoms in total. The quantitative estimate of drug-likeness (QED) is 0.542. The molecule has 0 unspecified atom stereocenters. The van der Waals surface area contributed by atoms with Crippen LogP contribution in [0.5, 0.6) is 0 Å². The molecular formula is C19H16ClNOS2. The molecule has 2 heterocycles. The summed E-state index contributed by atoms with van der Waals surface area (Å²) >= 11 is 9.73. The van der Waals surface area contributed by atoms with Gasteiger partial charge in [-0.3, -0.25) is 4.79 Å². The fourth-order valence-corrected chi connectivity index (χ4v) is 4.78. The van der Waals surface area contributed by atoms with E-state index in [0.717, 1.165) is 12.8 Å². The highest BCUT2D eigenvalue weighted by Crippen LogP contribution is 2.35. The fourth-order valence-electron chi connectivity index (χ4n) is 2.72. The van der Waals surface area contributed by atoms with E-state index in [2.05, 4.69) is 29.6 Å². The van der Waals surface area contributed by atoms with E-state index in [1.807, 2.05) is 23.1 Å². The van der Waals surface area contributed by atoms with E-state index in [4.69, 9.17) is 11.6 Å². The first-order valence-corrected chi connectivity index (χ1v) is 9.98. The van der Waals surface area contributed by atoms with Crippen LogP contribution < -0.4 is 0 Å². The number of carbonyl (C=O) groups is 1. The van der Waals surface area contributed by atoms with Crippen LogP contribution in [0.15, 0.2) is 53.9 Å². The maximum absolute atomic E-state index is 12.9. The molecule has 0 bridgehead atoms. The lowest BCUT2D eigenvalue weighted by atomic mass is 10.2. The lowest BCUT2D eigenvalue weighted by Gasteiger charge is -2.22. The van der Waals surface area contributed by atoms with Crippen LogP contribution in [0.1, 0.15) is 28.1 Å². The molecule has 122 valence electrons. The Labute approximate surface area is 154 Å². The summed E-state index contributed by atoms with van der Waals surface area (Å²) in [4.78, 5) is 18.7. The second-order valence-corrected chi connectivity index (χ2v) is 8.41. The van der Waals surface area contributed by atoms with Crippen LogP contribution in [0.25, 0.3) is 9.75 Å². The average molecular weight is 374 g/mol. The van der Waals surface area contributed by atoms with Crippen LogP contribution in [0, 0.1) is 0 Å². The van der Waals surface area contributed by atoms with Gasteiger partial charge >= 0.3 is 0 Å². The van der Waals surface area contributed by atoms with Crippen molar-refractivity contribution in [2.75, 3.05) is 0 Å². The van der Waals surface area contributed by atoms with Gasteiger partial charge in [-0.05, 0) is 48.6 Å². The van der Waals surface area contributed by atoms with Gasteiger partial charge in [-0.15, -0.1) is 22.7 Å². The van der Waals surface area contributed by atoms with Crippen molar-refractivity contribution in [3.63, 3.8) is 0 Å². The normalized spacial score (nSPS) is 13.9. The van der Waals surface area contributed by atoms with Crippen molar-refractivity contribution in [2.24, 2.45) is 0 Å². The minimum Gasteiger partial charge on any atom is -0.330 e. The summed E-state index contributed by atoms with van der Waals surface area (Å²) in [7, 11) is 0. The van der Waals surface area contributed by atoms with Crippen LogP contribution >= 0.6 is 34.3 Å². The molecule has 1 aliphatic rings. The molecule has 0 spiro atoms. The first-order chi connectivity index (χ1) is 11.7. The molecule has 1 aromatic carbocycles. The summed E-state index contributed by atoms with van der Waals surface area (Å²) in [5.41, 5.74) is 0.598. The number of carbonyl (C=O) groups excluding carboxylic acids is 1. The Balaban J connectivity index is 1.56. The van der Waals surface area contributed by atoms with Crippen LogP contribution in [-0.2, 0) is 6.54 Å². The zero-order valence-electron chi connectivity index (χ0n) is 12.9. The topological polar surface area (TPSA) is 20.3 Å². The minimum atomic E-state index is 0.0363. The van der Waals surface area contributed by atoms with Crippen molar-refractivity contribution in [3.8, 4) is 9.75 Å². The largest absolute Gasteiger partial charge is 0.330 e. The van der Waals surface area contributed by atoms with Crippen molar-refractivity contribution in [1.82, 2.24) is 4.90 Å². The molecule has 1 saturated carbocycles. The molecule has 0 atom stereocenters. The van der Waals surface area contributed by atoms with Crippen molar-refractivity contribution in [1.29, 1.82) is 0 Å². The van der Waals surface area contributed by atoms with Crippen LogP contribution in [0.3, 0.4) is 0 Å². The molecule has 24 heavy (non-hydrogen) atoms. The maximum atomic E-state index is 12.9. The lowest BCUT2D eigenvalue weighted by molar-refractivity contribution is 0.0732. The molecule has 0 aliphatic heterocycles. The highest BCUT2D eigenvalue weighted by Gasteiger charge is 2.34. The third kappa shape index (κ3) is 3.27. The molecule has 1 fully saturated rings. The van der Waals surface area contributed by atoms with Crippen LogP contribution in [0.2, 0.25) is 5.02 Å². The SMILES string of the molecule is O=C(c1ccccc1Cl)N(Cc1ccc(-c2cccs2)s1)C1CC1. The van der Waals surface area contributed by atoms with Gasteiger partial charge in [-0.25, -0.2) is 0 Å². The first kappa shape index (κ1) is 15.9. The molecule has 0 N–H and O–H groups in total. The van der Waals surface area contributed by atoms with E-state index in [9.17, 15) is 4.79 Å². The zero-order valence-corrected chi connectivity index (χ0v) is 15.3. The summed E-state index contributed by atoms with van der Waals surface area (Å²) in [5.74, 6) is 0.0363. The molecule has 0 saturated heterocycles. The summed E-state index contributed by atoms with van der Waals surface area (Å²) < 4.78 is 0. The minimum absolute atomic E-state index is 0.0363. The Morgan fingerprint density at radius 1 is 1.08 bits per heavy atom. The monoisotopic (exact) mass is 373 g/mol. The molecule has 1 aliphatic carbocycles. The number of hydrogen-bond donors (Lipinski definition) is 0. The fraction of sp³-hybridized carbons (Fsp3) is 0.211. The van der Waals surface area contributed by atoms with Crippen molar-refractivity contribution < 1.29 is 4.79 Å². The lowest BCUT2D eigenvalue weighted by Crippen LogP contribution is -2.32. The van der Waals surface area contributed by atoms with Crippen molar-refractivity contribution in [3.05, 3.63) is 69.4 Å². The number of nitrogens with zero attached hydrogens (tertiary/aromatic N) is 1. The van der Waals surface area contributed by atoms with E-state index >= 15 is 0 Å². The third-order valence-corrected chi connectivity index (χ3v) is 6.57. The Morgan fingerprint density at radius 3 is 2.62 bits per heavy atom. The second-order valence-electron chi connectivity index (χ2n) is 5.89. The molecular weight excluding hydrogens is 358 g/mol. The predicted octanol–water partition coefficient (Wildman–Crippen LogP) is 5.93. The smallest absolute Gasteiger partial charge is 0.255 e. The van der Waals surface area contributed by atoms with Crippen molar-refractivity contribution >= 4 is 40.2 Å². The standard InChI is InChI=1S/C19H16ClNOS2/c20-16-5-2-1-4-15(16)19(22)21(13-7-8-13)12-14-9-10-18(24-14)17-6-3-11-23-17/h1-6,9-11,13H,7-8,12H2. The van der Waals surface area contributed by atoms with Gasteiger partial charge in [0, 0.05) is 20.7 Å². The van der Waals surface area contributed by atoms with Gasteiger partial charge in [-0.1, -0.05) is 29.8 Å². The number of benzene rings is 1. The van der Waals surface area contributed by atoms with Gasteiger partial charge < -0.3 is 4.90 Å². The van der Waals surface area contributed by atoms with Crippen molar-refractivity contribution in [2.45, 2.75) is 25.4 Å². The second kappa shape index (κ2) is 6.71. The van der Waals surface area contributed by atoms with E-state index in [1.165, 1.54) is 14.6 Å². The molecule has 0 radical (unpaired) electrons. The predicted molar refractivity (Wildman–Crippen MR) is 102 cm³/mol. The van der Waals surface area contributed by atoms with E-state index in [-0.39, 0.29) is 5.91 Å². The van der Waals surface area contributed by atoms with E-state index in [1.54, 1.807) is 28.7 Å². The number of rotatable bonds is 5. The zero-order chi connectivity index (χ0) is 16.5. The van der Waals surface area contributed by atoms with Gasteiger partial charge in [0.15, 0.2) is 0 Å². The number of hydrogen-bond acceptors (Lipinski definition) is 3. The maximum Gasteiger partial charge on any atom is 0.255 e. The van der Waals surface area contributed by atoms with Crippen LogP contribution in [-0.4, -0.2) is 16.8 Å². The highest BCUT2D eigenvalue weighted by molar-refractivity contribution is 7.21. The van der Waals surface area contributed by atoms with Gasteiger partial charge in [-0.2, -0.15) is 0 Å². The summed E-state index contributed by atoms with van der Waals surface area (Å²) in [6.07, 6.45) is 2.17. The number of halogens is 1. The van der Waals surface area contributed by atoms with Gasteiger partial charge in [0.2, 0.25) is 0 Å². The number of amides is 1. The first-order valence-electron chi connectivity index (χ1n) is 7.90. The Hall–Kier alpha value is -1.62. The molecule has 1 amide bonds. The molecule has 2 aromatic heterocycles. The summed E-state index contributed by atoms with van der Waals surface area (Å²) in [6.45, 7) is 0.658. The Bertz CT molecular complexity index is 852. The summed E-state index contributed by atoms with van der Waals surface area (Å²) in [6, 6.07) is 16.1. The molecule has 5 heteroatoms. The van der Waals surface area contributed by atoms with Gasteiger partial charge in [0.25, 0.3) is 5.91 Å². The van der Waals surface area contributed by atoms with Crippen LogP contribution in [0.4, 0.5) is 0 Å².